The maximum Gasteiger partial charge on any atom is 0.258 e. The minimum atomic E-state index is -0.347. The average Bonchev–Trinajstić information content (AvgIpc) is 3.41. The molecule has 0 unspecified atom stereocenters. The van der Waals surface area contributed by atoms with E-state index in [4.69, 9.17) is 4.74 Å². The molecule has 1 aliphatic rings. The van der Waals surface area contributed by atoms with E-state index in [1.807, 2.05) is 50.4 Å². The van der Waals surface area contributed by atoms with Crippen LogP contribution < -0.4 is 10.1 Å². The summed E-state index contributed by atoms with van der Waals surface area (Å²) in [5.41, 5.74) is 2.23. The molecule has 2 aromatic carbocycles. The van der Waals surface area contributed by atoms with Crippen LogP contribution in [0.2, 0.25) is 0 Å². The third-order valence-corrected chi connectivity index (χ3v) is 7.13. The molecule has 0 aliphatic carbocycles. The molecular weight excluding hydrogens is 476 g/mol. The molecule has 9 heteroatoms. The Morgan fingerprint density at radius 1 is 1.28 bits per heavy atom. The molecule has 3 aromatic rings. The zero-order chi connectivity index (χ0) is 25.8. The van der Waals surface area contributed by atoms with Crippen LogP contribution in [0.4, 0.5) is 5.69 Å². The van der Waals surface area contributed by atoms with Crippen LogP contribution in [-0.4, -0.2) is 77.6 Å². The topological polar surface area (TPSA) is 95.0 Å². The van der Waals surface area contributed by atoms with Gasteiger partial charge in [0.2, 0.25) is 0 Å². The first kappa shape index (κ1) is 25.8. The van der Waals surface area contributed by atoms with Gasteiger partial charge < -0.3 is 25.0 Å². The number of carbonyl (C=O) groups is 2. The van der Waals surface area contributed by atoms with Crippen molar-refractivity contribution < 1.29 is 19.4 Å². The van der Waals surface area contributed by atoms with E-state index in [9.17, 15) is 14.7 Å². The molecule has 0 spiro atoms. The summed E-state index contributed by atoms with van der Waals surface area (Å²) in [4.78, 5) is 34.7. The number of aromatic nitrogens is 1. The Balaban J connectivity index is 1.66. The van der Waals surface area contributed by atoms with E-state index < -0.39 is 0 Å². The number of fused-ring (bicyclic) bond motifs is 1. The fraction of sp³-hybridized carbons (Fsp3) is 0.370. The molecule has 0 radical (unpaired) electrons. The van der Waals surface area contributed by atoms with Gasteiger partial charge in [-0.25, -0.2) is 4.98 Å². The van der Waals surface area contributed by atoms with Gasteiger partial charge in [-0.2, -0.15) is 0 Å². The molecule has 1 aromatic heterocycles. The second-order valence-corrected chi connectivity index (χ2v) is 10.3. The van der Waals surface area contributed by atoms with Crippen LogP contribution in [0.1, 0.15) is 34.6 Å². The van der Waals surface area contributed by atoms with Crippen molar-refractivity contribution in [2.45, 2.75) is 26.0 Å². The first-order valence-electron chi connectivity index (χ1n) is 12.0. The van der Waals surface area contributed by atoms with Gasteiger partial charge in [0.25, 0.3) is 11.8 Å². The van der Waals surface area contributed by atoms with Gasteiger partial charge in [0.15, 0.2) is 5.75 Å². The molecule has 1 aliphatic heterocycles. The number of amides is 2. The Labute approximate surface area is 215 Å². The van der Waals surface area contributed by atoms with Gasteiger partial charge in [0, 0.05) is 41.7 Å². The standard InChI is InChI=1S/C27H32N4O4S/c1-17-14-31(18(2)16-32)27(34)21-6-5-7-22(24(21)35-23(17)15-30(3)4)29-25(33)19-8-10-20(11-9-19)26-28-12-13-36-26/h5-13,17-18,23,32H,14-16H2,1-4H3,(H,29,33)/t17-,18+,23+/m1/s1. The second kappa shape index (κ2) is 11.2. The molecule has 2 heterocycles. The molecule has 190 valence electrons. The van der Waals surface area contributed by atoms with Gasteiger partial charge in [-0.05, 0) is 45.3 Å². The Bertz CT molecular complexity index is 1200. The smallest absolute Gasteiger partial charge is 0.258 e. The highest BCUT2D eigenvalue weighted by Crippen LogP contribution is 2.35. The number of nitrogens with zero attached hydrogens (tertiary/aromatic N) is 3. The number of anilines is 1. The maximum absolute atomic E-state index is 13.5. The number of aliphatic hydroxyl groups is 1. The molecular formula is C27H32N4O4S. The Kier molecular flexibility index (Phi) is 8.03. The molecule has 0 bridgehead atoms. The van der Waals surface area contributed by atoms with Gasteiger partial charge >= 0.3 is 0 Å². The Hall–Kier alpha value is -3.27. The minimum absolute atomic E-state index is 0.000614. The highest BCUT2D eigenvalue weighted by molar-refractivity contribution is 7.13. The number of aliphatic hydroxyl groups excluding tert-OH is 1. The molecule has 0 saturated carbocycles. The van der Waals surface area contributed by atoms with Gasteiger partial charge in [-0.3, -0.25) is 9.59 Å². The maximum atomic E-state index is 13.5. The number of hydrogen-bond donors (Lipinski definition) is 2. The monoisotopic (exact) mass is 508 g/mol. The van der Waals surface area contributed by atoms with Crippen molar-refractivity contribution in [3.8, 4) is 16.3 Å². The SMILES string of the molecule is C[C@@H]1CN([C@@H](C)CO)C(=O)c2cccc(NC(=O)c3ccc(-c4nccs4)cc3)c2O[C@H]1CN(C)C. The van der Waals surface area contributed by atoms with E-state index >= 15 is 0 Å². The van der Waals surface area contributed by atoms with Crippen molar-refractivity contribution in [1.29, 1.82) is 0 Å². The first-order valence-corrected chi connectivity index (χ1v) is 12.8. The summed E-state index contributed by atoms with van der Waals surface area (Å²) in [6.45, 7) is 4.82. The lowest BCUT2D eigenvalue weighted by Gasteiger charge is -2.38. The zero-order valence-electron chi connectivity index (χ0n) is 21.0. The number of benzene rings is 2. The fourth-order valence-electron chi connectivity index (χ4n) is 4.24. The molecule has 2 amide bonds. The normalized spacial score (nSPS) is 18.7. The van der Waals surface area contributed by atoms with Crippen LogP contribution in [0.3, 0.4) is 0 Å². The second-order valence-electron chi connectivity index (χ2n) is 9.44. The van der Waals surface area contributed by atoms with E-state index in [-0.39, 0.29) is 36.5 Å². The van der Waals surface area contributed by atoms with Crippen LogP contribution >= 0.6 is 11.3 Å². The molecule has 0 fully saturated rings. The number of hydrogen-bond acceptors (Lipinski definition) is 7. The fourth-order valence-corrected chi connectivity index (χ4v) is 4.89. The molecule has 2 N–H and O–H groups in total. The van der Waals surface area contributed by atoms with Gasteiger partial charge in [0.05, 0.1) is 23.9 Å². The largest absolute Gasteiger partial charge is 0.486 e. The van der Waals surface area contributed by atoms with Crippen molar-refractivity contribution in [1.82, 2.24) is 14.8 Å². The van der Waals surface area contributed by atoms with Gasteiger partial charge in [-0.15, -0.1) is 11.3 Å². The summed E-state index contributed by atoms with van der Waals surface area (Å²) in [5.74, 6) is -0.181. The van der Waals surface area contributed by atoms with E-state index in [1.54, 1.807) is 41.4 Å². The third kappa shape index (κ3) is 5.59. The van der Waals surface area contributed by atoms with Gasteiger partial charge in [0.1, 0.15) is 11.1 Å². The Morgan fingerprint density at radius 2 is 2.03 bits per heavy atom. The number of rotatable bonds is 7. The minimum Gasteiger partial charge on any atom is -0.486 e. The van der Waals surface area contributed by atoms with E-state index in [0.717, 1.165) is 10.6 Å². The van der Waals surface area contributed by atoms with Crippen molar-refractivity contribution in [2.24, 2.45) is 5.92 Å². The molecule has 0 saturated heterocycles. The molecule has 8 nitrogen and oxygen atoms in total. The van der Waals surface area contributed by atoms with Crippen molar-refractivity contribution in [2.75, 3.05) is 39.1 Å². The summed E-state index contributed by atoms with van der Waals surface area (Å²) >= 11 is 1.54. The number of carbonyl (C=O) groups excluding carboxylic acids is 2. The molecule has 3 atom stereocenters. The van der Waals surface area contributed by atoms with Crippen LogP contribution in [0.5, 0.6) is 5.75 Å². The number of nitrogens with one attached hydrogen (secondary N) is 1. The van der Waals surface area contributed by atoms with E-state index in [2.05, 4.69) is 10.3 Å². The van der Waals surface area contributed by atoms with Crippen LogP contribution in [0.25, 0.3) is 10.6 Å². The van der Waals surface area contributed by atoms with Gasteiger partial charge in [-0.1, -0.05) is 25.1 Å². The lowest BCUT2D eigenvalue weighted by Crippen LogP contribution is -2.49. The van der Waals surface area contributed by atoms with E-state index in [1.165, 1.54) is 11.3 Å². The molecule has 36 heavy (non-hydrogen) atoms. The lowest BCUT2D eigenvalue weighted by molar-refractivity contribution is 0.0365. The van der Waals surface area contributed by atoms with Crippen LogP contribution in [0, 0.1) is 5.92 Å². The number of para-hydroxylation sites is 1. The Morgan fingerprint density at radius 3 is 2.67 bits per heavy atom. The van der Waals surface area contributed by atoms with E-state index in [0.29, 0.717) is 35.7 Å². The quantitative estimate of drug-likeness (QED) is 0.504. The van der Waals surface area contributed by atoms with Crippen molar-refractivity contribution in [3.05, 3.63) is 65.2 Å². The predicted molar refractivity (Wildman–Crippen MR) is 142 cm³/mol. The van der Waals surface area contributed by atoms with Crippen molar-refractivity contribution in [3.63, 3.8) is 0 Å². The lowest BCUT2D eigenvalue weighted by atomic mass is 9.99. The summed E-state index contributed by atoms with van der Waals surface area (Å²) in [6.07, 6.45) is 1.52. The summed E-state index contributed by atoms with van der Waals surface area (Å²) in [7, 11) is 3.94. The highest BCUT2D eigenvalue weighted by Gasteiger charge is 2.34. The first-order chi connectivity index (χ1) is 17.3. The number of likely N-dealkylation sites (N-methyl/N-ethyl adjacent to an activating group) is 1. The summed E-state index contributed by atoms with van der Waals surface area (Å²) in [5, 5.41) is 15.5. The highest BCUT2D eigenvalue weighted by atomic mass is 32.1. The number of ether oxygens (including phenoxy) is 1. The van der Waals surface area contributed by atoms with Crippen LogP contribution in [-0.2, 0) is 0 Å². The average molecular weight is 509 g/mol. The summed E-state index contributed by atoms with van der Waals surface area (Å²) in [6, 6.07) is 12.1. The summed E-state index contributed by atoms with van der Waals surface area (Å²) < 4.78 is 6.45. The van der Waals surface area contributed by atoms with Crippen LogP contribution in [0.15, 0.2) is 54.0 Å². The predicted octanol–water partition coefficient (Wildman–Crippen LogP) is 3.84. The van der Waals surface area contributed by atoms with Crippen molar-refractivity contribution >= 4 is 28.8 Å². The number of thiazole rings is 1. The zero-order valence-corrected chi connectivity index (χ0v) is 21.8. The molecule has 4 rings (SSSR count). The third-order valence-electron chi connectivity index (χ3n) is 6.31.